The topological polar surface area (TPSA) is 47.6 Å². The lowest BCUT2D eigenvalue weighted by atomic mass is 9.95. The summed E-state index contributed by atoms with van der Waals surface area (Å²) in [4.78, 5) is 11.7. The normalized spacial score (nSPS) is 20.9. The number of esters is 1. The molecule has 0 aromatic heterocycles. The van der Waals surface area contributed by atoms with E-state index in [-0.39, 0.29) is 11.9 Å². The lowest BCUT2D eigenvalue weighted by Gasteiger charge is -2.25. The van der Waals surface area contributed by atoms with Gasteiger partial charge in [-0.2, -0.15) is 0 Å². The lowest BCUT2D eigenvalue weighted by molar-refractivity contribution is -0.139. The molecule has 1 rings (SSSR count). The SMILES string of the molecule is CCOC(=O)C1=C(OCC)NCCC1C. The van der Waals surface area contributed by atoms with Gasteiger partial charge in [-0.15, -0.1) is 0 Å². The van der Waals surface area contributed by atoms with Crippen molar-refractivity contribution in [1.29, 1.82) is 0 Å². The number of rotatable bonds is 4. The Hall–Kier alpha value is -1.19. The summed E-state index contributed by atoms with van der Waals surface area (Å²) in [5, 5.41) is 3.10. The molecule has 0 amide bonds. The van der Waals surface area contributed by atoms with E-state index in [1.807, 2.05) is 13.8 Å². The molecule has 4 nitrogen and oxygen atoms in total. The summed E-state index contributed by atoms with van der Waals surface area (Å²) in [5.74, 6) is 0.530. The minimum absolute atomic E-state index is 0.201. The van der Waals surface area contributed by atoms with Crippen LogP contribution in [-0.2, 0) is 14.3 Å². The van der Waals surface area contributed by atoms with Gasteiger partial charge in [0.1, 0.15) is 0 Å². The van der Waals surface area contributed by atoms with Gasteiger partial charge in [0.2, 0.25) is 0 Å². The minimum atomic E-state index is -0.263. The van der Waals surface area contributed by atoms with Crippen LogP contribution in [0.2, 0.25) is 0 Å². The van der Waals surface area contributed by atoms with Gasteiger partial charge in [-0.1, -0.05) is 6.92 Å². The molecule has 0 aromatic carbocycles. The van der Waals surface area contributed by atoms with E-state index in [1.165, 1.54) is 0 Å². The van der Waals surface area contributed by atoms with Gasteiger partial charge in [0.15, 0.2) is 5.88 Å². The lowest BCUT2D eigenvalue weighted by Crippen LogP contribution is -2.32. The van der Waals surface area contributed by atoms with Gasteiger partial charge in [-0.3, -0.25) is 0 Å². The monoisotopic (exact) mass is 213 g/mol. The number of carbonyl (C=O) groups is 1. The van der Waals surface area contributed by atoms with Crippen LogP contribution < -0.4 is 5.32 Å². The second-order valence-corrected chi connectivity index (χ2v) is 3.51. The highest BCUT2D eigenvalue weighted by molar-refractivity contribution is 5.89. The van der Waals surface area contributed by atoms with Gasteiger partial charge in [-0.05, 0) is 26.2 Å². The first-order valence-corrected chi connectivity index (χ1v) is 5.48. The van der Waals surface area contributed by atoms with E-state index in [9.17, 15) is 4.79 Å². The van der Waals surface area contributed by atoms with Gasteiger partial charge in [0.05, 0.1) is 18.8 Å². The second-order valence-electron chi connectivity index (χ2n) is 3.51. The van der Waals surface area contributed by atoms with Crippen LogP contribution in [0.15, 0.2) is 11.5 Å². The van der Waals surface area contributed by atoms with Crippen LogP contribution in [0.4, 0.5) is 0 Å². The quantitative estimate of drug-likeness (QED) is 0.718. The van der Waals surface area contributed by atoms with Gasteiger partial charge in [0.25, 0.3) is 0 Å². The molecular weight excluding hydrogens is 194 g/mol. The zero-order valence-electron chi connectivity index (χ0n) is 9.63. The molecule has 0 saturated carbocycles. The molecule has 0 aromatic rings. The van der Waals surface area contributed by atoms with Gasteiger partial charge in [0, 0.05) is 6.54 Å². The summed E-state index contributed by atoms with van der Waals surface area (Å²) in [6.45, 7) is 7.52. The minimum Gasteiger partial charge on any atom is -0.479 e. The third-order valence-corrected chi connectivity index (χ3v) is 2.38. The molecule has 1 atom stereocenters. The molecule has 0 spiro atoms. The van der Waals surface area contributed by atoms with Crippen molar-refractivity contribution in [1.82, 2.24) is 5.32 Å². The van der Waals surface area contributed by atoms with Crippen LogP contribution in [0.1, 0.15) is 27.2 Å². The predicted molar refractivity (Wildman–Crippen MR) is 57.1 cm³/mol. The third kappa shape index (κ3) is 2.88. The molecule has 1 aliphatic rings. The van der Waals surface area contributed by atoms with E-state index in [0.717, 1.165) is 13.0 Å². The summed E-state index contributed by atoms with van der Waals surface area (Å²) >= 11 is 0. The summed E-state index contributed by atoms with van der Waals surface area (Å²) in [6.07, 6.45) is 0.935. The maximum Gasteiger partial charge on any atom is 0.339 e. The summed E-state index contributed by atoms with van der Waals surface area (Å²) in [7, 11) is 0. The number of nitrogens with one attached hydrogen (secondary N) is 1. The summed E-state index contributed by atoms with van der Waals surface area (Å²) in [6, 6.07) is 0. The second kappa shape index (κ2) is 5.63. The summed E-state index contributed by atoms with van der Waals surface area (Å²) in [5.41, 5.74) is 0.643. The maximum atomic E-state index is 11.7. The highest BCUT2D eigenvalue weighted by atomic mass is 16.5. The maximum absolute atomic E-state index is 11.7. The molecule has 0 bridgehead atoms. The Morgan fingerprint density at radius 1 is 1.47 bits per heavy atom. The Morgan fingerprint density at radius 3 is 2.80 bits per heavy atom. The van der Waals surface area contributed by atoms with Crippen LogP contribution >= 0.6 is 0 Å². The van der Waals surface area contributed by atoms with Crippen LogP contribution in [0.25, 0.3) is 0 Å². The smallest absolute Gasteiger partial charge is 0.339 e. The third-order valence-electron chi connectivity index (χ3n) is 2.38. The van der Waals surface area contributed by atoms with Crippen LogP contribution in [0, 0.1) is 5.92 Å². The fourth-order valence-electron chi connectivity index (χ4n) is 1.64. The van der Waals surface area contributed by atoms with Crippen LogP contribution in [0.5, 0.6) is 0 Å². The van der Waals surface area contributed by atoms with Gasteiger partial charge < -0.3 is 14.8 Å². The van der Waals surface area contributed by atoms with Crippen LogP contribution in [-0.4, -0.2) is 25.7 Å². The molecule has 86 valence electrons. The highest BCUT2D eigenvalue weighted by Gasteiger charge is 2.27. The zero-order chi connectivity index (χ0) is 11.3. The molecule has 1 aliphatic heterocycles. The van der Waals surface area contributed by atoms with E-state index in [2.05, 4.69) is 5.32 Å². The molecule has 1 unspecified atom stereocenters. The van der Waals surface area contributed by atoms with Crippen molar-refractivity contribution in [3.8, 4) is 0 Å². The van der Waals surface area contributed by atoms with E-state index in [4.69, 9.17) is 9.47 Å². The van der Waals surface area contributed by atoms with E-state index in [0.29, 0.717) is 24.7 Å². The molecular formula is C11H19NO3. The average Bonchev–Trinajstić information content (AvgIpc) is 2.18. The predicted octanol–water partition coefficient (Wildman–Crippen LogP) is 1.43. The van der Waals surface area contributed by atoms with E-state index >= 15 is 0 Å². The fourth-order valence-corrected chi connectivity index (χ4v) is 1.64. The highest BCUT2D eigenvalue weighted by Crippen LogP contribution is 2.23. The Bertz CT molecular complexity index is 261. The number of hydrogen-bond acceptors (Lipinski definition) is 4. The molecule has 15 heavy (non-hydrogen) atoms. The van der Waals surface area contributed by atoms with Gasteiger partial charge in [-0.25, -0.2) is 4.79 Å². The fraction of sp³-hybridized carbons (Fsp3) is 0.727. The van der Waals surface area contributed by atoms with E-state index in [1.54, 1.807) is 6.92 Å². The number of hydrogen-bond donors (Lipinski definition) is 1. The average molecular weight is 213 g/mol. The molecule has 0 radical (unpaired) electrons. The largest absolute Gasteiger partial charge is 0.479 e. The van der Waals surface area contributed by atoms with Crippen molar-refractivity contribution in [3.05, 3.63) is 11.5 Å². The standard InChI is InChI=1S/C11H19NO3/c1-4-14-10-9(11(13)15-5-2)8(3)6-7-12-10/h8,12H,4-7H2,1-3H3. The Balaban J connectivity index is 2.86. The van der Waals surface area contributed by atoms with Crippen molar-refractivity contribution in [3.63, 3.8) is 0 Å². The summed E-state index contributed by atoms with van der Waals surface area (Å²) < 4.78 is 10.4. The van der Waals surface area contributed by atoms with Crippen molar-refractivity contribution < 1.29 is 14.3 Å². The van der Waals surface area contributed by atoms with Crippen LogP contribution in [0.3, 0.4) is 0 Å². The number of ether oxygens (including phenoxy) is 2. The van der Waals surface area contributed by atoms with Crippen molar-refractivity contribution in [2.75, 3.05) is 19.8 Å². The zero-order valence-corrected chi connectivity index (χ0v) is 9.63. The van der Waals surface area contributed by atoms with Crippen molar-refractivity contribution >= 4 is 5.97 Å². The molecule has 4 heteroatoms. The van der Waals surface area contributed by atoms with Crippen molar-refractivity contribution in [2.24, 2.45) is 5.92 Å². The first kappa shape index (κ1) is 11.9. The Kier molecular flexibility index (Phi) is 4.46. The van der Waals surface area contributed by atoms with Crippen molar-refractivity contribution in [2.45, 2.75) is 27.2 Å². The molecule has 1 heterocycles. The van der Waals surface area contributed by atoms with Gasteiger partial charge >= 0.3 is 5.97 Å². The first-order valence-electron chi connectivity index (χ1n) is 5.48. The molecule has 0 aliphatic carbocycles. The molecule has 1 N–H and O–H groups in total. The van der Waals surface area contributed by atoms with E-state index < -0.39 is 0 Å². The Morgan fingerprint density at radius 2 is 2.20 bits per heavy atom. The number of carbonyl (C=O) groups excluding carboxylic acids is 1. The molecule has 0 fully saturated rings. The first-order chi connectivity index (χ1) is 7.20. The Labute approximate surface area is 90.6 Å². The molecule has 0 saturated heterocycles.